The molecule has 0 radical (unpaired) electrons. The van der Waals surface area contributed by atoms with Crippen molar-refractivity contribution in [3.8, 4) is 0 Å². The summed E-state index contributed by atoms with van der Waals surface area (Å²) < 4.78 is 16.7. The van der Waals surface area contributed by atoms with Crippen LogP contribution in [0.5, 0.6) is 0 Å². The van der Waals surface area contributed by atoms with Crippen LogP contribution in [0.3, 0.4) is 0 Å². The average Bonchev–Trinajstić information content (AvgIpc) is 3.23. The van der Waals surface area contributed by atoms with Crippen molar-refractivity contribution in [1.29, 1.82) is 0 Å². The van der Waals surface area contributed by atoms with E-state index in [2.05, 4.69) is 93.7 Å². The molecule has 59 heavy (non-hydrogen) atoms. The third kappa shape index (κ3) is 45.8. The molecule has 0 aliphatic heterocycles. The van der Waals surface area contributed by atoms with Crippen molar-refractivity contribution in [2.45, 2.75) is 232 Å². The van der Waals surface area contributed by atoms with Crippen molar-refractivity contribution in [3.63, 3.8) is 0 Å². The van der Waals surface area contributed by atoms with Crippen LogP contribution in [0.2, 0.25) is 0 Å². The largest absolute Gasteiger partial charge is 0.462 e. The van der Waals surface area contributed by atoms with Crippen LogP contribution in [0.25, 0.3) is 0 Å². The van der Waals surface area contributed by atoms with E-state index in [0.29, 0.717) is 19.3 Å². The Morgan fingerprint density at radius 2 is 0.678 bits per heavy atom. The lowest BCUT2D eigenvalue weighted by atomic mass is 10.1. The molecular formula is C53H90O6. The fourth-order valence-electron chi connectivity index (χ4n) is 6.51. The summed E-state index contributed by atoms with van der Waals surface area (Å²) in [7, 11) is 0. The number of carbonyl (C=O) groups is 3. The molecule has 0 bridgehead atoms. The van der Waals surface area contributed by atoms with Gasteiger partial charge in [0.2, 0.25) is 0 Å². The fraction of sp³-hybridized carbons (Fsp3) is 0.717. The van der Waals surface area contributed by atoms with Gasteiger partial charge in [-0.2, -0.15) is 0 Å². The zero-order valence-corrected chi connectivity index (χ0v) is 38.5. The smallest absolute Gasteiger partial charge is 0.306 e. The average molecular weight is 823 g/mol. The van der Waals surface area contributed by atoms with Crippen LogP contribution in [-0.2, 0) is 28.6 Å². The molecule has 1 atom stereocenters. The SMILES string of the molecule is CC/C=C\C/C=C\C/C=C\C/C=C\C/C=C\CCCCCCCCCC(=O)OCC(COC(=O)CCCCCCCCC)OC(=O)CCCCCCC/C=C\CCCC. The van der Waals surface area contributed by atoms with Gasteiger partial charge in [0, 0.05) is 19.3 Å². The Hall–Kier alpha value is -3.15. The van der Waals surface area contributed by atoms with E-state index in [9.17, 15) is 14.4 Å². The molecule has 0 N–H and O–H groups in total. The van der Waals surface area contributed by atoms with Crippen molar-refractivity contribution in [3.05, 3.63) is 72.9 Å². The second-order valence-corrected chi connectivity index (χ2v) is 16.0. The highest BCUT2D eigenvalue weighted by atomic mass is 16.6. The van der Waals surface area contributed by atoms with Crippen molar-refractivity contribution in [1.82, 2.24) is 0 Å². The summed E-state index contributed by atoms with van der Waals surface area (Å²) in [6, 6.07) is 0. The minimum absolute atomic E-state index is 0.0821. The molecule has 0 spiro atoms. The minimum Gasteiger partial charge on any atom is -0.462 e. The molecule has 0 aromatic heterocycles. The van der Waals surface area contributed by atoms with Gasteiger partial charge in [0.15, 0.2) is 6.10 Å². The maximum Gasteiger partial charge on any atom is 0.306 e. The standard InChI is InChI=1S/C53H90O6/c1-4-7-10-13-16-18-20-21-22-23-24-25-26-27-28-29-30-31-33-34-37-40-43-46-52(55)58-49-50(48-57-51(54)45-42-39-36-15-12-9-6-3)59-53(56)47-44-41-38-35-32-19-17-14-11-8-5-2/h7,10,14,16-18,21-22,24-25,27-28,50H,4-6,8-9,11-13,15,19-20,23,26,29-49H2,1-3H3/b10-7-,17-14-,18-16-,22-21-,25-24-,28-27-. The Morgan fingerprint density at radius 3 is 1.10 bits per heavy atom. The molecule has 0 aromatic carbocycles. The van der Waals surface area contributed by atoms with Crippen LogP contribution < -0.4 is 0 Å². The van der Waals surface area contributed by atoms with Crippen LogP contribution in [0.1, 0.15) is 226 Å². The lowest BCUT2D eigenvalue weighted by Crippen LogP contribution is -2.30. The number of hydrogen-bond donors (Lipinski definition) is 0. The first-order valence-electron chi connectivity index (χ1n) is 24.4. The predicted molar refractivity (Wildman–Crippen MR) is 251 cm³/mol. The Labute approximate surface area is 363 Å². The van der Waals surface area contributed by atoms with Crippen LogP contribution in [0, 0.1) is 0 Å². The molecule has 0 aromatic rings. The van der Waals surface area contributed by atoms with Crippen LogP contribution in [-0.4, -0.2) is 37.2 Å². The summed E-state index contributed by atoms with van der Waals surface area (Å²) in [6.07, 6.45) is 59.0. The molecule has 0 rings (SSSR count). The highest BCUT2D eigenvalue weighted by molar-refractivity contribution is 5.71. The van der Waals surface area contributed by atoms with Crippen LogP contribution in [0.15, 0.2) is 72.9 Å². The topological polar surface area (TPSA) is 78.9 Å². The van der Waals surface area contributed by atoms with E-state index < -0.39 is 6.10 Å². The van der Waals surface area contributed by atoms with E-state index in [1.165, 1.54) is 77.0 Å². The summed E-state index contributed by atoms with van der Waals surface area (Å²) in [5, 5.41) is 0. The van der Waals surface area contributed by atoms with Crippen molar-refractivity contribution in [2.75, 3.05) is 13.2 Å². The predicted octanol–water partition coefficient (Wildman–Crippen LogP) is 15.9. The monoisotopic (exact) mass is 823 g/mol. The highest BCUT2D eigenvalue weighted by Gasteiger charge is 2.19. The number of ether oxygens (including phenoxy) is 3. The molecule has 0 saturated heterocycles. The minimum atomic E-state index is -0.779. The second-order valence-electron chi connectivity index (χ2n) is 16.0. The molecule has 338 valence electrons. The highest BCUT2D eigenvalue weighted by Crippen LogP contribution is 2.13. The summed E-state index contributed by atoms with van der Waals surface area (Å²) >= 11 is 0. The number of rotatable bonds is 43. The first kappa shape index (κ1) is 55.9. The summed E-state index contributed by atoms with van der Waals surface area (Å²) in [6.45, 7) is 6.41. The molecular weight excluding hydrogens is 733 g/mol. The van der Waals surface area contributed by atoms with Gasteiger partial charge in [-0.3, -0.25) is 14.4 Å². The first-order valence-corrected chi connectivity index (χ1v) is 24.4. The van der Waals surface area contributed by atoms with Crippen molar-refractivity contribution in [2.24, 2.45) is 0 Å². The fourth-order valence-corrected chi connectivity index (χ4v) is 6.51. The third-order valence-electron chi connectivity index (χ3n) is 10.2. The number of carbonyl (C=O) groups excluding carboxylic acids is 3. The Balaban J connectivity index is 4.23. The van der Waals surface area contributed by atoms with E-state index in [4.69, 9.17) is 14.2 Å². The molecule has 0 aliphatic rings. The Bertz CT molecular complexity index is 1130. The van der Waals surface area contributed by atoms with Gasteiger partial charge in [-0.05, 0) is 83.5 Å². The van der Waals surface area contributed by atoms with Gasteiger partial charge in [0.05, 0.1) is 0 Å². The van der Waals surface area contributed by atoms with Gasteiger partial charge in [0.1, 0.15) is 13.2 Å². The number of esters is 3. The van der Waals surface area contributed by atoms with E-state index in [0.717, 1.165) is 109 Å². The van der Waals surface area contributed by atoms with E-state index >= 15 is 0 Å². The van der Waals surface area contributed by atoms with Crippen LogP contribution in [0.4, 0.5) is 0 Å². The summed E-state index contributed by atoms with van der Waals surface area (Å²) in [5.74, 6) is -0.913. The quantitative estimate of drug-likeness (QED) is 0.0264. The first-order chi connectivity index (χ1) is 29.0. The Morgan fingerprint density at radius 1 is 0.356 bits per heavy atom. The van der Waals surface area contributed by atoms with E-state index in [-0.39, 0.29) is 31.1 Å². The maximum absolute atomic E-state index is 12.7. The van der Waals surface area contributed by atoms with Gasteiger partial charge >= 0.3 is 17.9 Å². The van der Waals surface area contributed by atoms with Gasteiger partial charge in [0.25, 0.3) is 0 Å². The van der Waals surface area contributed by atoms with Gasteiger partial charge < -0.3 is 14.2 Å². The summed E-state index contributed by atoms with van der Waals surface area (Å²) in [5.41, 5.74) is 0. The molecule has 0 heterocycles. The zero-order valence-electron chi connectivity index (χ0n) is 38.5. The van der Waals surface area contributed by atoms with Crippen molar-refractivity contribution >= 4 is 17.9 Å². The van der Waals surface area contributed by atoms with Crippen LogP contribution >= 0.6 is 0 Å². The third-order valence-corrected chi connectivity index (χ3v) is 10.2. The number of hydrogen-bond acceptors (Lipinski definition) is 6. The molecule has 6 nitrogen and oxygen atoms in total. The van der Waals surface area contributed by atoms with Gasteiger partial charge in [-0.15, -0.1) is 0 Å². The maximum atomic E-state index is 12.7. The molecule has 0 fully saturated rings. The lowest BCUT2D eigenvalue weighted by molar-refractivity contribution is -0.167. The van der Waals surface area contributed by atoms with Gasteiger partial charge in [-0.1, -0.05) is 196 Å². The normalized spacial score (nSPS) is 12.7. The zero-order chi connectivity index (χ0) is 43.0. The van der Waals surface area contributed by atoms with Crippen molar-refractivity contribution < 1.29 is 28.6 Å². The molecule has 6 heteroatoms. The van der Waals surface area contributed by atoms with E-state index in [1.807, 2.05) is 0 Å². The number of allylic oxidation sites excluding steroid dienone is 12. The molecule has 0 aliphatic carbocycles. The summed E-state index contributed by atoms with van der Waals surface area (Å²) in [4.78, 5) is 37.7. The van der Waals surface area contributed by atoms with Gasteiger partial charge in [-0.25, -0.2) is 0 Å². The molecule has 1 unspecified atom stereocenters. The van der Waals surface area contributed by atoms with E-state index in [1.54, 1.807) is 0 Å². The number of unbranched alkanes of at least 4 members (excludes halogenated alkanes) is 20. The molecule has 0 amide bonds. The second kappa shape index (κ2) is 47.5. The lowest BCUT2D eigenvalue weighted by Gasteiger charge is -2.18. The molecule has 0 saturated carbocycles. The Kier molecular flexibility index (Phi) is 45.0.